The number of benzene rings is 2. The number of nitrogens with zero attached hydrogens (tertiary/aromatic N) is 1. The molecule has 0 saturated heterocycles. The van der Waals surface area contributed by atoms with Crippen molar-refractivity contribution in [1.82, 2.24) is 0 Å². The molecule has 2 rings (SSSR count). The first-order valence-corrected chi connectivity index (χ1v) is 7.38. The summed E-state index contributed by atoms with van der Waals surface area (Å²) in [6.45, 7) is 4.64. The molecule has 2 aromatic carbocycles. The van der Waals surface area contributed by atoms with Gasteiger partial charge in [-0.1, -0.05) is 35.9 Å². The lowest BCUT2D eigenvalue weighted by atomic mass is 10.1. The van der Waals surface area contributed by atoms with Crippen molar-refractivity contribution in [3.63, 3.8) is 0 Å². The van der Waals surface area contributed by atoms with Crippen LogP contribution >= 0.6 is 0 Å². The highest BCUT2D eigenvalue weighted by Gasteiger charge is 2.12. The molecule has 0 fully saturated rings. The minimum absolute atomic E-state index is 0.00569. The number of hydrogen-bond donors (Lipinski definition) is 2. The highest BCUT2D eigenvalue weighted by molar-refractivity contribution is 5.94. The van der Waals surface area contributed by atoms with Crippen molar-refractivity contribution < 1.29 is 9.90 Å². The molecule has 0 aliphatic heterocycles. The minimum Gasteiger partial charge on any atom is -0.395 e. The van der Waals surface area contributed by atoms with Crippen LogP contribution in [-0.2, 0) is 4.79 Å². The maximum absolute atomic E-state index is 12.3. The molecule has 4 heteroatoms. The summed E-state index contributed by atoms with van der Waals surface area (Å²) in [5, 5.41) is 12.1. The topological polar surface area (TPSA) is 52.6 Å². The molecule has 0 aliphatic carbocycles. The van der Waals surface area contributed by atoms with Gasteiger partial charge in [-0.15, -0.1) is 0 Å². The summed E-state index contributed by atoms with van der Waals surface area (Å²) in [7, 11) is 0. The van der Waals surface area contributed by atoms with Crippen LogP contribution < -0.4 is 10.2 Å². The number of nitrogens with one attached hydrogen (secondary N) is 1. The van der Waals surface area contributed by atoms with Crippen LogP contribution in [0.2, 0.25) is 0 Å². The summed E-state index contributed by atoms with van der Waals surface area (Å²) >= 11 is 0. The highest BCUT2D eigenvalue weighted by atomic mass is 16.3. The summed E-state index contributed by atoms with van der Waals surface area (Å²) in [4.78, 5) is 14.1. The van der Waals surface area contributed by atoms with E-state index in [9.17, 15) is 9.90 Å². The van der Waals surface area contributed by atoms with Gasteiger partial charge in [0.25, 0.3) is 0 Å². The number of amides is 1. The van der Waals surface area contributed by atoms with Gasteiger partial charge in [-0.2, -0.15) is 0 Å². The number of carbonyl (C=O) groups excluding carboxylic acids is 1. The highest BCUT2D eigenvalue weighted by Crippen LogP contribution is 2.17. The Labute approximate surface area is 131 Å². The molecule has 0 atom stereocenters. The number of para-hydroxylation sites is 1. The number of aryl methyl sites for hydroxylation is 2. The molecule has 0 radical (unpaired) electrons. The molecule has 116 valence electrons. The molecular weight excluding hydrogens is 276 g/mol. The van der Waals surface area contributed by atoms with Crippen molar-refractivity contribution in [3.05, 3.63) is 59.7 Å². The molecule has 0 aliphatic rings. The quantitative estimate of drug-likeness (QED) is 0.862. The molecular formula is C18H22N2O2. The van der Waals surface area contributed by atoms with Crippen LogP contribution in [0.1, 0.15) is 11.1 Å². The Hall–Kier alpha value is -2.33. The van der Waals surface area contributed by atoms with E-state index in [1.807, 2.05) is 67.3 Å². The lowest BCUT2D eigenvalue weighted by molar-refractivity contribution is -0.115. The van der Waals surface area contributed by atoms with Crippen molar-refractivity contribution in [2.75, 3.05) is 29.9 Å². The maximum atomic E-state index is 12.3. The molecule has 0 bridgehead atoms. The molecule has 22 heavy (non-hydrogen) atoms. The van der Waals surface area contributed by atoms with Gasteiger partial charge in [-0.3, -0.25) is 4.79 Å². The maximum Gasteiger partial charge on any atom is 0.243 e. The second kappa shape index (κ2) is 7.61. The minimum atomic E-state index is -0.0933. The zero-order valence-electron chi connectivity index (χ0n) is 13.0. The second-order valence-corrected chi connectivity index (χ2v) is 5.35. The zero-order chi connectivity index (χ0) is 15.9. The smallest absolute Gasteiger partial charge is 0.243 e. The molecule has 0 saturated carbocycles. The Balaban J connectivity index is 2.05. The Morgan fingerprint density at radius 2 is 1.86 bits per heavy atom. The van der Waals surface area contributed by atoms with Gasteiger partial charge < -0.3 is 15.3 Å². The van der Waals surface area contributed by atoms with Crippen molar-refractivity contribution in [1.29, 1.82) is 0 Å². The second-order valence-electron chi connectivity index (χ2n) is 5.35. The lowest BCUT2D eigenvalue weighted by Gasteiger charge is -2.23. The number of rotatable bonds is 6. The van der Waals surface area contributed by atoms with E-state index in [0.29, 0.717) is 6.54 Å². The summed E-state index contributed by atoms with van der Waals surface area (Å²) in [5.74, 6) is -0.0933. The largest absolute Gasteiger partial charge is 0.395 e. The average molecular weight is 298 g/mol. The third kappa shape index (κ3) is 4.33. The SMILES string of the molecule is Cc1ccc(NC(=O)CN(CCO)c2ccccc2)c(C)c1. The van der Waals surface area contributed by atoms with Gasteiger partial charge in [0.2, 0.25) is 5.91 Å². The molecule has 2 aromatic rings. The van der Waals surface area contributed by atoms with Gasteiger partial charge >= 0.3 is 0 Å². The first-order chi connectivity index (χ1) is 10.6. The average Bonchev–Trinajstić information content (AvgIpc) is 2.50. The van der Waals surface area contributed by atoms with Gasteiger partial charge in [0.05, 0.1) is 13.2 Å². The molecule has 0 heterocycles. The predicted molar refractivity (Wildman–Crippen MR) is 90.3 cm³/mol. The monoisotopic (exact) mass is 298 g/mol. The summed E-state index contributed by atoms with van der Waals surface area (Å²) in [5.41, 5.74) is 3.96. The third-order valence-corrected chi connectivity index (χ3v) is 3.48. The van der Waals surface area contributed by atoms with Crippen LogP contribution in [0.5, 0.6) is 0 Å². The number of hydrogen-bond acceptors (Lipinski definition) is 3. The van der Waals surface area contributed by atoms with Gasteiger partial charge in [0.15, 0.2) is 0 Å². The summed E-state index contributed by atoms with van der Waals surface area (Å²) in [6.07, 6.45) is 0. The molecule has 0 unspecified atom stereocenters. The standard InChI is InChI=1S/C18H22N2O2/c1-14-8-9-17(15(2)12-14)19-18(22)13-20(10-11-21)16-6-4-3-5-7-16/h3-9,12,21H,10-11,13H2,1-2H3,(H,19,22). The van der Waals surface area contributed by atoms with Crippen molar-refractivity contribution in [2.45, 2.75) is 13.8 Å². The van der Waals surface area contributed by atoms with E-state index in [1.54, 1.807) is 0 Å². The van der Waals surface area contributed by atoms with E-state index in [4.69, 9.17) is 0 Å². The first kappa shape index (κ1) is 16.0. The zero-order valence-corrected chi connectivity index (χ0v) is 13.0. The number of aliphatic hydroxyl groups excluding tert-OH is 1. The Kier molecular flexibility index (Phi) is 5.55. The molecule has 0 aromatic heterocycles. The number of anilines is 2. The fourth-order valence-electron chi connectivity index (χ4n) is 2.38. The van der Waals surface area contributed by atoms with Crippen LogP contribution in [0.15, 0.2) is 48.5 Å². The molecule has 0 spiro atoms. The van der Waals surface area contributed by atoms with E-state index in [-0.39, 0.29) is 19.1 Å². The van der Waals surface area contributed by atoms with Gasteiger partial charge in [0, 0.05) is 17.9 Å². The third-order valence-electron chi connectivity index (χ3n) is 3.48. The van der Waals surface area contributed by atoms with E-state index in [1.165, 1.54) is 5.56 Å². The number of carbonyl (C=O) groups is 1. The Morgan fingerprint density at radius 1 is 1.14 bits per heavy atom. The van der Waals surface area contributed by atoms with Crippen LogP contribution in [0, 0.1) is 13.8 Å². The van der Waals surface area contributed by atoms with E-state index < -0.39 is 0 Å². The normalized spacial score (nSPS) is 10.3. The van der Waals surface area contributed by atoms with Crippen LogP contribution in [0.3, 0.4) is 0 Å². The molecule has 4 nitrogen and oxygen atoms in total. The Morgan fingerprint density at radius 3 is 2.50 bits per heavy atom. The lowest BCUT2D eigenvalue weighted by Crippen LogP contribution is -2.35. The summed E-state index contributed by atoms with van der Waals surface area (Å²) in [6, 6.07) is 15.6. The van der Waals surface area contributed by atoms with Crippen LogP contribution in [0.25, 0.3) is 0 Å². The Bertz CT molecular complexity index is 626. The van der Waals surface area contributed by atoms with Crippen LogP contribution in [0.4, 0.5) is 11.4 Å². The number of aliphatic hydroxyl groups is 1. The van der Waals surface area contributed by atoms with Crippen molar-refractivity contribution in [2.24, 2.45) is 0 Å². The fourth-order valence-corrected chi connectivity index (χ4v) is 2.38. The van der Waals surface area contributed by atoms with E-state index in [2.05, 4.69) is 5.32 Å². The van der Waals surface area contributed by atoms with E-state index >= 15 is 0 Å². The van der Waals surface area contributed by atoms with E-state index in [0.717, 1.165) is 16.9 Å². The van der Waals surface area contributed by atoms with Crippen LogP contribution in [-0.4, -0.2) is 30.7 Å². The van der Waals surface area contributed by atoms with Crippen molar-refractivity contribution >= 4 is 17.3 Å². The predicted octanol–water partition coefficient (Wildman–Crippen LogP) is 2.74. The molecule has 1 amide bonds. The summed E-state index contributed by atoms with van der Waals surface area (Å²) < 4.78 is 0. The van der Waals surface area contributed by atoms with Gasteiger partial charge in [-0.05, 0) is 37.6 Å². The van der Waals surface area contributed by atoms with Gasteiger partial charge in [-0.25, -0.2) is 0 Å². The van der Waals surface area contributed by atoms with Gasteiger partial charge in [0.1, 0.15) is 0 Å². The van der Waals surface area contributed by atoms with Crippen molar-refractivity contribution in [3.8, 4) is 0 Å². The fraction of sp³-hybridized carbons (Fsp3) is 0.278. The first-order valence-electron chi connectivity index (χ1n) is 7.38. The molecule has 2 N–H and O–H groups in total.